The molecule has 1 aliphatic rings. The summed E-state index contributed by atoms with van der Waals surface area (Å²) in [7, 11) is 0. The Bertz CT molecular complexity index is 1130. The van der Waals surface area contributed by atoms with E-state index >= 15 is 0 Å². The number of hydrogen-bond acceptors (Lipinski definition) is 6. The number of carbonyl (C=O) groups is 1. The lowest BCUT2D eigenvalue weighted by molar-refractivity contribution is -0.384. The molecule has 4 rings (SSSR count). The average molecular weight is 431 g/mol. The van der Waals surface area contributed by atoms with Gasteiger partial charge < -0.3 is 10.6 Å². The van der Waals surface area contributed by atoms with Crippen LogP contribution < -0.4 is 10.6 Å². The van der Waals surface area contributed by atoms with Crippen molar-refractivity contribution in [2.45, 2.75) is 32.2 Å². The second-order valence-corrected chi connectivity index (χ2v) is 7.87. The first-order chi connectivity index (χ1) is 15.5. The van der Waals surface area contributed by atoms with E-state index in [9.17, 15) is 14.9 Å². The molecule has 1 fully saturated rings. The maximum Gasteiger partial charge on any atom is 0.270 e. The zero-order chi connectivity index (χ0) is 22.5. The fourth-order valence-corrected chi connectivity index (χ4v) is 3.99. The zero-order valence-electron chi connectivity index (χ0n) is 17.9. The molecule has 2 heterocycles. The van der Waals surface area contributed by atoms with Crippen LogP contribution in [0.2, 0.25) is 0 Å². The predicted octanol–water partition coefficient (Wildman–Crippen LogP) is 3.90. The van der Waals surface area contributed by atoms with Crippen LogP contribution in [-0.4, -0.2) is 39.9 Å². The molecule has 32 heavy (non-hydrogen) atoms. The first-order valence-corrected chi connectivity index (χ1v) is 10.7. The molecule has 2 N–H and O–H groups in total. The van der Waals surface area contributed by atoms with Crippen LogP contribution in [0.5, 0.6) is 0 Å². The van der Waals surface area contributed by atoms with Gasteiger partial charge in [0.25, 0.3) is 11.6 Å². The van der Waals surface area contributed by atoms with Crippen LogP contribution in [0, 0.1) is 17.0 Å². The predicted molar refractivity (Wildman–Crippen MR) is 122 cm³/mol. The molecule has 1 aromatic heterocycles. The number of hydrogen-bond donors (Lipinski definition) is 2. The lowest BCUT2D eigenvalue weighted by atomic mass is 10.0. The van der Waals surface area contributed by atoms with Crippen molar-refractivity contribution in [1.82, 2.24) is 20.6 Å². The van der Waals surface area contributed by atoms with Crippen molar-refractivity contribution in [3.05, 3.63) is 76.0 Å². The van der Waals surface area contributed by atoms with E-state index in [1.165, 1.54) is 12.1 Å². The van der Waals surface area contributed by atoms with Gasteiger partial charge in [0.2, 0.25) is 0 Å². The Kier molecular flexibility index (Phi) is 6.51. The summed E-state index contributed by atoms with van der Waals surface area (Å²) in [6.07, 6.45) is 3.12. The van der Waals surface area contributed by atoms with E-state index in [4.69, 9.17) is 0 Å². The number of aromatic nitrogens is 2. The number of rotatable bonds is 7. The van der Waals surface area contributed by atoms with Crippen LogP contribution in [0.25, 0.3) is 22.6 Å². The Labute approximate surface area is 186 Å². The van der Waals surface area contributed by atoms with Crippen LogP contribution in [0.3, 0.4) is 0 Å². The van der Waals surface area contributed by atoms with Crippen molar-refractivity contribution in [2.24, 2.45) is 0 Å². The highest BCUT2D eigenvalue weighted by atomic mass is 16.6. The number of non-ortho nitro benzene ring substituents is 1. The normalized spacial score (nSPS) is 15.5. The van der Waals surface area contributed by atoms with Crippen LogP contribution in [0.4, 0.5) is 5.69 Å². The lowest BCUT2D eigenvalue weighted by Crippen LogP contribution is -2.31. The van der Waals surface area contributed by atoms with Gasteiger partial charge in [-0.1, -0.05) is 42.5 Å². The van der Waals surface area contributed by atoms with Gasteiger partial charge in [0, 0.05) is 35.8 Å². The minimum absolute atomic E-state index is 0.0568. The smallest absolute Gasteiger partial charge is 0.270 e. The zero-order valence-corrected chi connectivity index (χ0v) is 17.9. The number of nitrogens with zero attached hydrogens (tertiary/aromatic N) is 3. The third-order valence-corrected chi connectivity index (χ3v) is 5.62. The molecule has 0 saturated carbocycles. The standard InChI is InChI=1S/C24H25N5O3/c1-16-21(24(30)26-14-12-19-10-6-13-25-19)22(18-9-5-11-20(15-18)29(31)32)28-23(27-16)17-7-3-2-4-8-17/h2-5,7-9,11,15,19,25H,6,10,12-14H2,1H3,(H,26,30). The maximum atomic E-state index is 13.2. The summed E-state index contributed by atoms with van der Waals surface area (Å²) in [6, 6.07) is 16.1. The Morgan fingerprint density at radius 3 is 2.66 bits per heavy atom. The molecule has 2 aromatic carbocycles. The van der Waals surface area contributed by atoms with Crippen molar-refractivity contribution in [2.75, 3.05) is 13.1 Å². The SMILES string of the molecule is Cc1nc(-c2ccccc2)nc(-c2cccc([N+](=O)[O-])c2)c1C(=O)NCCC1CCCN1. The minimum atomic E-state index is -0.454. The molecule has 1 atom stereocenters. The second-order valence-electron chi connectivity index (χ2n) is 7.87. The highest BCUT2D eigenvalue weighted by molar-refractivity contribution is 6.01. The number of amides is 1. The largest absolute Gasteiger partial charge is 0.352 e. The van der Waals surface area contributed by atoms with E-state index in [-0.39, 0.29) is 11.6 Å². The topological polar surface area (TPSA) is 110 Å². The van der Waals surface area contributed by atoms with Crippen LogP contribution in [0.15, 0.2) is 54.6 Å². The summed E-state index contributed by atoms with van der Waals surface area (Å²) in [5.41, 5.74) is 2.50. The van der Waals surface area contributed by atoms with E-state index < -0.39 is 4.92 Å². The molecule has 0 radical (unpaired) electrons. The summed E-state index contributed by atoms with van der Waals surface area (Å²) < 4.78 is 0. The van der Waals surface area contributed by atoms with Crippen molar-refractivity contribution in [1.29, 1.82) is 0 Å². The van der Waals surface area contributed by atoms with Gasteiger partial charge in [0.05, 0.1) is 21.9 Å². The summed E-state index contributed by atoms with van der Waals surface area (Å²) in [5, 5.41) is 17.7. The Hall–Kier alpha value is -3.65. The van der Waals surface area contributed by atoms with Crippen molar-refractivity contribution >= 4 is 11.6 Å². The molecule has 0 bridgehead atoms. The van der Waals surface area contributed by atoms with Gasteiger partial charge in [0.15, 0.2) is 5.82 Å². The molecule has 0 spiro atoms. The third kappa shape index (κ3) is 4.81. The molecule has 3 aromatic rings. The average Bonchev–Trinajstić information content (AvgIpc) is 3.32. The molecule has 164 valence electrons. The first kappa shape index (κ1) is 21.6. The molecule has 1 aliphatic heterocycles. The minimum Gasteiger partial charge on any atom is -0.352 e. The number of carbonyl (C=O) groups excluding carboxylic acids is 1. The Balaban J connectivity index is 1.71. The number of nitrogens with one attached hydrogen (secondary N) is 2. The number of aryl methyl sites for hydroxylation is 1. The van der Waals surface area contributed by atoms with Crippen molar-refractivity contribution in [3.63, 3.8) is 0 Å². The van der Waals surface area contributed by atoms with Gasteiger partial charge in [0.1, 0.15) is 0 Å². The molecule has 1 unspecified atom stereocenters. The van der Waals surface area contributed by atoms with Crippen LogP contribution in [-0.2, 0) is 0 Å². The molecule has 1 saturated heterocycles. The van der Waals surface area contributed by atoms with Crippen LogP contribution in [0.1, 0.15) is 35.3 Å². The summed E-state index contributed by atoms with van der Waals surface area (Å²) in [6.45, 7) is 3.32. The summed E-state index contributed by atoms with van der Waals surface area (Å²) >= 11 is 0. The molecule has 8 heteroatoms. The monoisotopic (exact) mass is 431 g/mol. The maximum absolute atomic E-state index is 13.2. The van der Waals surface area contributed by atoms with Gasteiger partial charge >= 0.3 is 0 Å². The fourth-order valence-electron chi connectivity index (χ4n) is 3.99. The Morgan fingerprint density at radius 2 is 1.94 bits per heavy atom. The Morgan fingerprint density at radius 1 is 1.16 bits per heavy atom. The molecular formula is C24H25N5O3. The fraction of sp³-hybridized carbons (Fsp3) is 0.292. The van der Waals surface area contributed by atoms with Gasteiger partial charge in [-0.05, 0) is 32.7 Å². The summed E-state index contributed by atoms with van der Waals surface area (Å²) in [5.74, 6) is 0.193. The van der Waals surface area contributed by atoms with E-state index in [1.54, 1.807) is 19.1 Å². The summed E-state index contributed by atoms with van der Waals surface area (Å²) in [4.78, 5) is 33.3. The molecule has 8 nitrogen and oxygen atoms in total. The highest BCUT2D eigenvalue weighted by Crippen LogP contribution is 2.29. The van der Waals surface area contributed by atoms with Gasteiger partial charge in [-0.3, -0.25) is 14.9 Å². The quantitative estimate of drug-likeness (QED) is 0.434. The number of nitro benzene ring substituents is 1. The number of benzene rings is 2. The van der Waals surface area contributed by atoms with E-state index in [1.807, 2.05) is 30.3 Å². The van der Waals surface area contributed by atoms with E-state index in [2.05, 4.69) is 20.6 Å². The molecule has 1 amide bonds. The lowest BCUT2D eigenvalue weighted by Gasteiger charge is -2.15. The van der Waals surface area contributed by atoms with Gasteiger partial charge in [-0.25, -0.2) is 9.97 Å². The van der Waals surface area contributed by atoms with Gasteiger partial charge in [-0.15, -0.1) is 0 Å². The molecular weight excluding hydrogens is 406 g/mol. The van der Waals surface area contributed by atoms with E-state index in [0.717, 1.165) is 31.4 Å². The van der Waals surface area contributed by atoms with Gasteiger partial charge in [-0.2, -0.15) is 0 Å². The van der Waals surface area contributed by atoms with E-state index in [0.29, 0.717) is 40.9 Å². The third-order valence-electron chi connectivity index (χ3n) is 5.62. The van der Waals surface area contributed by atoms with Crippen LogP contribution >= 0.6 is 0 Å². The first-order valence-electron chi connectivity index (χ1n) is 10.7. The molecule has 0 aliphatic carbocycles. The number of nitro groups is 1. The highest BCUT2D eigenvalue weighted by Gasteiger charge is 2.22. The van der Waals surface area contributed by atoms with Crippen molar-refractivity contribution < 1.29 is 9.72 Å². The second kappa shape index (κ2) is 9.65. The van der Waals surface area contributed by atoms with Crippen molar-refractivity contribution in [3.8, 4) is 22.6 Å².